The Hall–Kier alpha value is -3.22. The number of nitrogens with one attached hydrogen (secondary N) is 1. The highest BCUT2D eigenvalue weighted by Crippen LogP contribution is 2.42. The van der Waals surface area contributed by atoms with E-state index in [4.69, 9.17) is 15.2 Å². The number of fused-ring (bicyclic) bond motifs is 1. The summed E-state index contributed by atoms with van der Waals surface area (Å²) in [7, 11) is 0. The van der Waals surface area contributed by atoms with Crippen molar-refractivity contribution in [3.8, 4) is 0 Å². The van der Waals surface area contributed by atoms with E-state index in [1.54, 1.807) is 19.1 Å². The van der Waals surface area contributed by atoms with Crippen LogP contribution in [0, 0.1) is 6.92 Å². The lowest BCUT2D eigenvalue weighted by Gasteiger charge is -2.49. The van der Waals surface area contributed by atoms with Crippen molar-refractivity contribution >= 4 is 77.0 Å². The number of nitrogens with two attached hydrogens (primary N) is 1. The summed E-state index contributed by atoms with van der Waals surface area (Å²) in [5, 5.41) is 21.6. The van der Waals surface area contributed by atoms with Gasteiger partial charge >= 0.3 is 12.1 Å². The first kappa shape index (κ1) is 36.3. The van der Waals surface area contributed by atoms with E-state index in [0.29, 0.717) is 21.4 Å². The second kappa shape index (κ2) is 16.4. The number of nitrogens with zero attached hydrogens (tertiary/aromatic N) is 3. The highest BCUT2D eigenvalue weighted by Gasteiger charge is 2.54. The molecule has 4 atom stereocenters. The van der Waals surface area contributed by atoms with E-state index in [1.807, 2.05) is 6.92 Å². The van der Waals surface area contributed by atoms with Gasteiger partial charge in [0.15, 0.2) is 16.2 Å². The number of aromatic nitrogens is 2. The minimum absolute atomic E-state index is 0. The molecule has 2 aliphatic rings. The van der Waals surface area contributed by atoms with Gasteiger partial charge in [-0.15, -0.1) is 34.4 Å². The molecule has 0 aliphatic carbocycles. The molecule has 1 aromatic carbocycles. The lowest BCUT2D eigenvalue weighted by Crippen LogP contribution is -2.71. The van der Waals surface area contributed by atoms with Crippen LogP contribution in [0.4, 0.5) is 4.79 Å². The maximum absolute atomic E-state index is 13.4. The number of aryl methyl sites for hydroxylation is 1. The molecule has 0 saturated carbocycles. The first-order valence-electron chi connectivity index (χ1n) is 13.5. The Morgan fingerprint density at radius 1 is 1.18 bits per heavy atom. The molecule has 14 nitrogen and oxygen atoms in total. The molecule has 2 unspecified atom stereocenters. The summed E-state index contributed by atoms with van der Waals surface area (Å²) in [6.45, 7) is 4.55. The van der Waals surface area contributed by atoms with Crippen molar-refractivity contribution in [2.24, 2.45) is 5.73 Å². The summed E-state index contributed by atoms with van der Waals surface area (Å²) >= 11 is 4.08. The van der Waals surface area contributed by atoms with Crippen LogP contribution in [-0.4, -0.2) is 98.7 Å². The third kappa shape index (κ3) is 8.53. The minimum Gasteiger partial charge on any atom is -0.457 e. The zero-order valence-electron chi connectivity index (χ0n) is 24.4. The normalized spacial score (nSPS) is 18.5. The average Bonchev–Trinajstić information content (AvgIpc) is 3.44. The fourth-order valence-electron chi connectivity index (χ4n) is 4.33. The van der Waals surface area contributed by atoms with Crippen LogP contribution in [0.5, 0.6) is 0 Å². The maximum atomic E-state index is 13.4. The van der Waals surface area contributed by atoms with Crippen molar-refractivity contribution < 1.29 is 43.3 Å². The fraction of sp³-hybridized carbons (Fsp3) is 0.444. The lowest BCUT2D eigenvalue weighted by molar-refractivity contribution is -0.154. The smallest absolute Gasteiger partial charge is 0.457 e. The summed E-state index contributed by atoms with van der Waals surface area (Å²) < 4.78 is 15.5. The van der Waals surface area contributed by atoms with Crippen LogP contribution >= 0.6 is 47.3 Å². The molecule has 45 heavy (non-hydrogen) atoms. The number of β-lactam (4-membered cyclic amide) rings is 1. The summed E-state index contributed by atoms with van der Waals surface area (Å²) in [5.74, 6) is -2.05. The molecule has 2 aromatic rings. The van der Waals surface area contributed by atoms with Crippen molar-refractivity contribution in [1.82, 2.24) is 20.4 Å². The van der Waals surface area contributed by atoms with Gasteiger partial charge in [0.1, 0.15) is 35.3 Å². The van der Waals surface area contributed by atoms with E-state index in [9.17, 15) is 29.1 Å². The standard InChI is InChI=1S/C27H31N5O9S3.ClH/c1-4-39-27(38)41-10-9-40-25(37)19-15(12-43-26-31-30-14(3)44-26)11-42-24-18(23(36)32(19)24)29-22(35)21(34)17-8-6-5-7-16(17)20(33)13(2)28;/h5-8,13,18,21,24,34H,4,9-12,28H2,1-3H3,(H,29,35);1H/t13-,18?,21?,24-;/m0./s1. The average molecular weight is 702 g/mol. The van der Waals surface area contributed by atoms with E-state index in [0.717, 1.165) is 5.01 Å². The van der Waals surface area contributed by atoms with Gasteiger partial charge in [-0.05, 0) is 26.3 Å². The number of esters is 1. The third-order valence-corrected chi connectivity index (χ3v) is 9.79. The topological polar surface area (TPSA) is 200 Å². The van der Waals surface area contributed by atoms with Gasteiger partial charge in [0.2, 0.25) is 0 Å². The molecule has 0 radical (unpaired) electrons. The van der Waals surface area contributed by atoms with Gasteiger partial charge in [-0.2, -0.15) is 0 Å². The molecule has 2 amide bonds. The number of aliphatic hydroxyl groups is 1. The summed E-state index contributed by atoms with van der Waals surface area (Å²) in [4.78, 5) is 64.9. The highest BCUT2D eigenvalue weighted by molar-refractivity contribution is 8.01. The number of halogens is 1. The lowest BCUT2D eigenvalue weighted by atomic mass is 9.95. The summed E-state index contributed by atoms with van der Waals surface area (Å²) in [5.41, 5.74) is 6.53. The molecule has 0 bridgehead atoms. The number of aliphatic hydroxyl groups excluding tert-OH is 1. The Kier molecular flexibility index (Phi) is 13.2. The number of carbonyl (C=O) groups excluding carboxylic acids is 5. The highest BCUT2D eigenvalue weighted by atomic mass is 35.5. The molecular formula is C27H32ClN5O9S3. The molecule has 0 spiro atoms. The molecule has 18 heteroatoms. The molecule has 1 aromatic heterocycles. The molecule has 4 rings (SSSR count). The van der Waals surface area contributed by atoms with Crippen molar-refractivity contribution in [3.63, 3.8) is 0 Å². The van der Waals surface area contributed by atoms with Crippen molar-refractivity contribution in [3.05, 3.63) is 51.7 Å². The Morgan fingerprint density at radius 2 is 1.89 bits per heavy atom. The van der Waals surface area contributed by atoms with Crippen molar-refractivity contribution in [2.75, 3.05) is 31.3 Å². The quantitative estimate of drug-likeness (QED) is 0.0900. The zero-order chi connectivity index (χ0) is 32.0. The first-order valence-corrected chi connectivity index (χ1v) is 16.3. The zero-order valence-corrected chi connectivity index (χ0v) is 27.7. The Morgan fingerprint density at radius 3 is 2.56 bits per heavy atom. The second-order valence-electron chi connectivity index (χ2n) is 9.53. The third-order valence-electron chi connectivity index (χ3n) is 6.40. The Bertz CT molecular complexity index is 1470. The molecular weight excluding hydrogens is 670 g/mol. The Labute approximate surface area is 277 Å². The monoisotopic (exact) mass is 701 g/mol. The van der Waals surface area contributed by atoms with Gasteiger partial charge in [0.05, 0.1) is 12.6 Å². The van der Waals surface area contributed by atoms with Gasteiger partial charge in [-0.3, -0.25) is 19.3 Å². The summed E-state index contributed by atoms with van der Waals surface area (Å²) in [6.07, 6.45) is -2.64. The minimum atomic E-state index is -1.74. The predicted molar refractivity (Wildman–Crippen MR) is 168 cm³/mol. The molecule has 4 N–H and O–H groups in total. The van der Waals surface area contributed by atoms with Gasteiger partial charge in [-0.25, -0.2) is 9.59 Å². The number of ketones is 1. The summed E-state index contributed by atoms with van der Waals surface area (Å²) in [6, 6.07) is 4.17. The van der Waals surface area contributed by atoms with Gasteiger partial charge in [-0.1, -0.05) is 47.4 Å². The van der Waals surface area contributed by atoms with Crippen LogP contribution in [-0.2, 0) is 28.6 Å². The number of thioether (sulfide) groups is 2. The van der Waals surface area contributed by atoms with Crippen LogP contribution in [0.15, 0.2) is 39.9 Å². The second-order valence-corrected chi connectivity index (χ2v) is 13.0. The molecule has 244 valence electrons. The largest absolute Gasteiger partial charge is 0.508 e. The number of ether oxygens (including phenoxy) is 3. The van der Waals surface area contributed by atoms with Gasteiger partial charge < -0.3 is 30.4 Å². The van der Waals surface area contributed by atoms with Crippen molar-refractivity contribution in [1.29, 1.82) is 0 Å². The molecule has 1 saturated heterocycles. The van der Waals surface area contributed by atoms with Crippen molar-refractivity contribution in [2.45, 2.75) is 48.7 Å². The molecule has 1 fully saturated rings. The number of hydrogen-bond donors (Lipinski definition) is 3. The van der Waals surface area contributed by atoms with Gasteiger partial charge in [0, 0.05) is 22.6 Å². The van der Waals surface area contributed by atoms with Crippen LogP contribution in [0.2, 0.25) is 0 Å². The molecule has 3 heterocycles. The van der Waals surface area contributed by atoms with E-state index >= 15 is 0 Å². The van der Waals surface area contributed by atoms with E-state index in [2.05, 4.69) is 20.3 Å². The van der Waals surface area contributed by atoms with Crippen LogP contribution in [0.3, 0.4) is 0 Å². The number of hydrogen-bond acceptors (Lipinski definition) is 15. The van der Waals surface area contributed by atoms with Crippen LogP contribution in [0.25, 0.3) is 0 Å². The first-order chi connectivity index (χ1) is 21.0. The van der Waals surface area contributed by atoms with E-state index < -0.39 is 53.3 Å². The van der Waals surface area contributed by atoms with Crippen LogP contribution < -0.4 is 11.1 Å². The van der Waals surface area contributed by atoms with Crippen LogP contribution in [0.1, 0.15) is 40.9 Å². The van der Waals surface area contributed by atoms with Gasteiger partial charge in [0.25, 0.3) is 11.8 Å². The number of carbonyl (C=O) groups is 5. The predicted octanol–water partition coefficient (Wildman–Crippen LogP) is 1.99. The fourth-order valence-corrected chi connectivity index (χ4v) is 7.63. The number of amides is 2. The van der Waals surface area contributed by atoms with E-state index in [-0.39, 0.29) is 49.1 Å². The number of benzene rings is 1. The Balaban J connectivity index is 0.00000552. The maximum Gasteiger partial charge on any atom is 0.508 e. The molecule has 2 aliphatic heterocycles. The SMILES string of the molecule is CCOC(=O)OCCOC(=O)C1=C(CSc2nnc(C)s2)CS[C@H]2C(NC(=O)C(O)c3ccccc3C(=O)[C@H](C)N)C(=O)N12.Cl. The number of Topliss-reactive ketones (excluding diaryl/α,β-unsaturated/α-hetero) is 1. The number of rotatable bonds is 13. The van der Waals surface area contributed by atoms with E-state index in [1.165, 1.54) is 58.8 Å².